The lowest BCUT2D eigenvalue weighted by molar-refractivity contribution is 0.0986. The van der Waals surface area contributed by atoms with Crippen LogP contribution in [0.4, 0.5) is 11.4 Å². The molecule has 0 spiro atoms. The van der Waals surface area contributed by atoms with E-state index >= 15 is 0 Å². The van der Waals surface area contributed by atoms with E-state index in [0.717, 1.165) is 29.7 Å². The summed E-state index contributed by atoms with van der Waals surface area (Å²) in [6, 6.07) is 20.6. The van der Waals surface area contributed by atoms with Gasteiger partial charge >= 0.3 is 0 Å². The Kier molecular flexibility index (Phi) is 6.58. The van der Waals surface area contributed by atoms with Crippen LogP contribution in [0.5, 0.6) is 0 Å². The highest BCUT2D eigenvalue weighted by atomic mass is 35.5. The van der Waals surface area contributed by atoms with Crippen molar-refractivity contribution >= 4 is 34.8 Å². The van der Waals surface area contributed by atoms with Crippen molar-refractivity contribution in [1.82, 2.24) is 5.32 Å². The van der Waals surface area contributed by atoms with Crippen molar-refractivity contribution < 1.29 is 9.59 Å². The average molecular weight is 448 g/mol. The molecule has 4 rings (SSSR count). The predicted molar refractivity (Wildman–Crippen MR) is 130 cm³/mol. The van der Waals surface area contributed by atoms with Crippen molar-refractivity contribution in [2.45, 2.75) is 25.8 Å². The number of amides is 2. The second kappa shape index (κ2) is 9.55. The molecule has 1 heterocycles. The Morgan fingerprint density at radius 1 is 1.00 bits per heavy atom. The fraction of sp³-hybridized carbons (Fsp3) is 0.231. The van der Waals surface area contributed by atoms with E-state index in [4.69, 9.17) is 11.6 Å². The lowest BCUT2D eigenvalue weighted by Gasteiger charge is -2.24. The summed E-state index contributed by atoms with van der Waals surface area (Å²) in [6.07, 6.45) is 1.84. The van der Waals surface area contributed by atoms with Crippen LogP contribution < -0.4 is 15.5 Å². The fourth-order valence-corrected chi connectivity index (χ4v) is 4.47. The topological polar surface area (TPSA) is 61.4 Å². The normalized spacial score (nSPS) is 15.6. The average Bonchev–Trinajstić information content (AvgIpc) is 2.98. The van der Waals surface area contributed by atoms with Crippen LogP contribution >= 0.6 is 11.6 Å². The maximum absolute atomic E-state index is 13.5. The number of hydrogen-bond donors (Lipinski definition) is 2. The third-order valence-electron chi connectivity index (χ3n) is 5.92. The van der Waals surface area contributed by atoms with Gasteiger partial charge in [0, 0.05) is 29.5 Å². The summed E-state index contributed by atoms with van der Waals surface area (Å²) in [5.41, 5.74) is 4.47. The Hall–Kier alpha value is -3.15. The quantitative estimate of drug-likeness (QED) is 0.547. The lowest BCUT2D eigenvalue weighted by Crippen LogP contribution is -2.32. The van der Waals surface area contributed by atoms with Gasteiger partial charge in [-0.15, -0.1) is 0 Å². The monoisotopic (exact) mass is 447 g/mol. The number of aryl methyl sites for hydroxylation is 1. The van der Waals surface area contributed by atoms with Gasteiger partial charge in [-0.2, -0.15) is 0 Å². The summed E-state index contributed by atoms with van der Waals surface area (Å²) >= 11 is 6.52. The predicted octanol–water partition coefficient (Wildman–Crippen LogP) is 5.60. The summed E-state index contributed by atoms with van der Waals surface area (Å²) in [5.74, 6) is -0.353. The molecule has 164 valence electrons. The third-order valence-corrected chi connectivity index (χ3v) is 6.23. The van der Waals surface area contributed by atoms with E-state index in [2.05, 4.69) is 16.7 Å². The summed E-state index contributed by atoms with van der Waals surface area (Å²) in [7, 11) is 1.94. The van der Waals surface area contributed by atoms with Crippen molar-refractivity contribution in [2.24, 2.45) is 0 Å². The van der Waals surface area contributed by atoms with E-state index in [-0.39, 0.29) is 17.9 Å². The van der Waals surface area contributed by atoms with E-state index in [1.807, 2.05) is 50.4 Å². The smallest absolute Gasteiger partial charge is 0.259 e. The van der Waals surface area contributed by atoms with Crippen molar-refractivity contribution in [3.05, 3.63) is 94.0 Å². The zero-order valence-corrected chi connectivity index (χ0v) is 18.9. The van der Waals surface area contributed by atoms with E-state index in [9.17, 15) is 9.59 Å². The number of benzene rings is 3. The van der Waals surface area contributed by atoms with Gasteiger partial charge in [0.05, 0.1) is 10.6 Å². The number of anilines is 2. The van der Waals surface area contributed by atoms with Gasteiger partial charge in [-0.05, 0) is 68.3 Å². The van der Waals surface area contributed by atoms with Crippen LogP contribution in [0.3, 0.4) is 0 Å². The molecule has 1 unspecified atom stereocenters. The molecule has 5 nitrogen and oxygen atoms in total. The number of halogens is 1. The molecule has 2 N–H and O–H groups in total. The van der Waals surface area contributed by atoms with E-state index in [0.29, 0.717) is 28.4 Å². The highest BCUT2D eigenvalue weighted by Crippen LogP contribution is 2.34. The molecule has 0 aromatic heterocycles. The molecule has 0 aliphatic carbocycles. The van der Waals surface area contributed by atoms with Gasteiger partial charge in [-0.1, -0.05) is 48.0 Å². The van der Waals surface area contributed by atoms with Gasteiger partial charge < -0.3 is 15.5 Å². The highest BCUT2D eigenvalue weighted by molar-refractivity contribution is 6.35. The summed E-state index contributed by atoms with van der Waals surface area (Å²) in [5, 5.41) is 6.53. The molecule has 1 atom stereocenters. The minimum Gasteiger partial charge on any atom is -0.322 e. The molecule has 3 aromatic carbocycles. The molecule has 3 aromatic rings. The van der Waals surface area contributed by atoms with Gasteiger partial charge in [-0.25, -0.2) is 0 Å². The molecule has 0 fully saturated rings. The number of hydrogen-bond acceptors (Lipinski definition) is 3. The first kappa shape index (κ1) is 22.1. The van der Waals surface area contributed by atoms with Gasteiger partial charge in [0.25, 0.3) is 11.8 Å². The second-order valence-electron chi connectivity index (χ2n) is 7.96. The van der Waals surface area contributed by atoms with Crippen LogP contribution in [-0.2, 0) is 0 Å². The minimum absolute atomic E-state index is 0.143. The second-order valence-corrected chi connectivity index (χ2v) is 8.37. The number of fused-ring (bicyclic) bond motifs is 1. The summed E-state index contributed by atoms with van der Waals surface area (Å²) in [4.78, 5) is 27.9. The molecular weight excluding hydrogens is 422 g/mol. The maximum atomic E-state index is 13.5. The van der Waals surface area contributed by atoms with Crippen LogP contribution in [0.15, 0.2) is 66.7 Å². The first-order chi connectivity index (χ1) is 15.5. The van der Waals surface area contributed by atoms with Crippen molar-refractivity contribution in [3.8, 4) is 0 Å². The van der Waals surface area contributed by atoms with Gasteiger partial charge in [0.2, 0.25) is 0 Å². The lowest BCUT2D eigenvalue weighted by atomic mass is 10.0. The molecule has 0 saturated heterocycles. The molecule has 6 heteroatoms. The minimum atomic E-state index is -0.210. The number of carbonyl (C=O) groups is 2. The number of carbonyl (C=O) groups excluding carboxylic acids is 2. The first-order valence-electron chi connectivity index (χ1n) is 10.7. The Labute approximate surface area is 193 Å². The van der Waals surface area contributed by atoms with Crippen molar-refractivity contribution in [1.29, 1.82) is 0 Å². The maximum Gasteiger partial charge on any atom is 0.259 e. The molecule has 0 saturated carbocycles. The van der Waals surface area contributed by atoms with Crippen LogP contribution in [0.2, 0.25) is 5.02 Å². The van der Waals surface area contributed by atoms with Crippen LogP contribution in [-0.4, -0.2) is 25.4 Å². The first-order valence-corrected chi connectivity index (χ1v) is 11.1. The van der Waals surface area contributed by atoms with E-state index in [1.165, 1.54) is 0 Å². The molecule has 2 amide bonds. The highest BCUT2D eigenvalue weighted by Gasteiger charge is 2.27. The van der Waals surface area contributed by atoms with E-state index in [1.54, 1.807) is 29.2 Å². The molecule has 0 bridgehead atoms. The number of rotatable bonds is 4. The van der Waals surface area contributed by atoms with Gasteiger partial charge in [0.15, 0.2) is 0 Å². The Morgan fingerprint density at radius 2 is 1.75 bits per heavy atom. The molecule has 1 aliphatic rings. The fourth-order valence-electron chi connectivity index (χ4n) is 4.21. The number of nitrogens with one attached hydrogen (secondary N) is 2. The number of nitrogens with zero attached hydrogens (tertiary/aromatic N) is 1. The molecule has 32 heavy (non-hydrogen) atoms. The van der Waals surface area contributed by atoms with Crippen LogP contribution in [0.1, 0.15) is 50.7 Å². The van der Waals surface area contributed by atoms with E-state index < -0.39 is 0 Å². The largest absolute Gasteiger partial charge is 0.322 e. The van der Waals surface area contributed by atoms with Crippen LogP contribution in [0.25, 0.3) is 0 Å². The van der Waals surface area contributed by atoms with Gasteiger partial charge in [0.1, 0.15) is 0 Å². The Bertz CT molecular complexity index is 1160. The van der Waals surface area contributed by atoms with Crippen molar-refractivity contribution in [3.63, 3.8) is 0 Å². The number of para-hydroxylation sites is 1. The Balaban J connectivity index is 1.59. The van der Waals surface area contributed by atoms with Gasteiger partial charge in [-0.3, -0.25) is 9.59 Å². The SMILES string of the molecule is CNC1CCCN(C(=O)c2ccc(NC(=O)c3ccccc3C)cc2Cl)c2ccccc21. The zero-order valence-electron chi connectivity index (χ0n) is 18.2. The van der Waals surface area contributed by atoms with Crippen LogP contribution in [0, 0.1) is 6.92 Å². The summed E-state index contributed by atoms with van der Waals surface area (Å²) in [6.45, 7) is 2.51. The zero-order chi connectivity index (χ0) is 22.7. The standard InChI is InChI=1S/C26H26ClN3O2/c1-17-8-3-4-9-19(17)25(31)29-18-13-14-20(22(27)16-18)26(32)30-15-7-11-23(28-2)21-10-5-6-12-24(21)30/h3-6,8-10,12-14,16,23,28H,7,11,15H2,1-2H3,(H,29,31). The Morgan fingerprint density at radius 3 is 2.50 bits per heavy atom. The molecular formula is C26H26ClN3O2. The molecule has 1 aliphatic heterocycles. The summed E-state index contributed by atoms with van der Waals surface area (Å²) < 4.78 is 0. The molecule has 0 radical (unpaired) electrons. The van der Waals surface area contributed by atoms with Crippen molar-refractivity contribution in [2.75, 3.05) is 23.8 Å². The third kappa shape index (κ3) is 4.40.